The Bertz CT molecular complexity index is 632. The molecule has 0 fully saturated rings. The summed E-state index contributed by atoms with van der Waals surface area (Å²) in [6.45, 7) is 1.84. The van der Waals surface area contributed by atoms with E-state index in [1.54, 1.807) is 12.1 Å². The number of benzene rings is 2. The zero-order chi connectivity index (χ0) is 13.1. The Morgan fingerprint density at radius 3 is 2.67 bits per heavy atom. The van der Waals surface area contributed by atoms with E-state index in [4.69, 9.17) is 15.7 Å². The van der Waals surface area contributed by atoms with Crippen molar-refractivity contribution in [2.75, 3.05) is 5.73 Å². The number of ether oxygens (including phenoxy) is 1. The van der Waals surface area contributed by atoms with E-state index in [1.165, 1.54) is 12.1 Å². The number of halogens is 1. The molecule has 0 saturated carbocycles. The molecule has 3 nitrogen and oxygen atoms in total. The van der Waals surface area contributed by atoms with Crippen molar-refractivity contribution in [3.05, 3.63) is 53.3 Å². The zero-order valence-electron chi connectivity index (χ0n) is 9.77. The number of nitrogens with zero attached hydrogens (tertiary/aromatic N) is 1. The zero-order valence-corrected chi connectivity index (χ0v) is 9.77. The van der Waals surface area contributed by atoms with Crippen LogP contribution in [0.15, 0.2) is 36.4 Å². The lowest BCUT2D eigenvalue weighted by atomic mass is 10.2. The maximum atomic E-state index is 13.6. The summed E-state index contributed by atoms with van der Waals surface area (Å²) in [4.78, 5) is 0. The second-order valence-corrected chi connectivity index (χ2v) is 3.85. The minimum atomic E-state index is -0.588. The molecule has 0 heterocycles. The first-order valence-corrected chi connectivity index (χ1v) is 5.34. The van der Waals surface area contributed by atoms with Crippen LogP contribution < -0.4 is 10.5 Å². The highest BCUT2D eigenvalue weighted by molar-refractivity contribution is 5.59. The topological polar surface area (TPSA) is 59.0 Å². The van der Waals surface area contributed by atoms with Gasteiger partial charge in [0.2, 0.25) is 0 Å². The van der Waals surface area contributed by atoms with Crippen molar-refractivity contribution < 1.29 is 9.13 Å². The standard InChI is InChI=1S/C14H11FN2O/c1-9-3-2-4-13(14(9)17)18-12-6-5-10(8-16)7-11(12)15/h2-7H,17H2,1H3. The number of anilines is 1. The lowest BCUT2D eigenvalue weighted by Crippen LogP contribution is -1.96. The molecule has 0 atom stereocenters. The summed E-state index contributed by atoms with van der Waals surface area (Å²) in [6.07, 6.45) is 0. The van der Waals surface area contributed by atoms with E-state index in [9.17, 15) is 4.39 Å². The fourth-order valence-corrected chi connectivity index (χ4v) is 1.51. The quantitative estimate of drug-likeness (QED) is 0.821. The molecule has 2 aromatic rings. The van der Waals surface area contributed by atoms with Gasteiger partial charge in [0.15, 0.2) is 17.3 Å². The van der Waals surface area contributed by atoms with Gasteiger partial charge in [0.25, 0.3) is 0 Å². The summed E-state index contributed by atoms with van der Waals surface area (Å²) in [7, 11) is 0. The number of aryl methyl sites for hydroxylation is 1. The number of nitriles is 1. The summed E-state index contributed by atoms with van der Waals surface area (Å²) in [5, 5.41) is 8.65. The van der Waals surface area contributed by atoms with Gasteiger partial charge in [0.05, 0.1) is 17.3 Å². The molecule has 2 rings (SSSR count). The van der Waals surface area contributed by atoms with E-state index in [0.717, 1.165) is 11.6 Å². The highest BCUT2D eigenvalue weighted by atomic mass is 19.1. The number of hydrogen-bond donors (Lipinski definition) is 1. The van der Waals surface area contributed by atoms with Gasteiger partial charge in [0.1, 0.15) is 0 Å². The average Bonchev–Trinajstić information content (AvgIpc) is 2.37. The SMILES string of the molecule is Cc1cccc(Oc2ccc(C#N)cc2F)c1N. The molecule has 0 aliphatic rings. The molecule has 2 N–H and O–H groups in total. The average molecular weight is 242 g/mol. The maximum absolute atomic E-state index is 13.6. The van der Waals surface area contributed by atoms with Crippen LogP contribution in [-0.4, -0.2) is 0 Å². The van der Waals surface area contributed by atoms with Gasteiger partial charge in [-0.05, 0) is 36.8 Å². The van der Waals surface area contributed by atoms with Crippen LogP contribution in [0, 0.1) is 24.1 Å². The molecule has 0 radical (unpaired) electrons. The predicted octanol–water partition coefficient (Wildman–Crippen LogP) is 3.38. The highest BCUT2D eigenvalue weighted by Crippen LogP contribution is 2.31. The van der Waals surface area contributed by atoms with Gasteiger partial charge in [-0.15, -0.1) is 0 Å². The summed E-state index contributed by atoms with van der Waals surface area (Å²) >= 11 is 0. The number of para-hydroxylation sites is 1. The normalized spacial score (nSPS) is 9.83. The van der Waals surface area contributed by atoms with Crippen LogP contribution in [0.4, 0.5) is 10.1 Å². The van der Waals surface area contributed by atoms with E-state index in [-0.39, 0.29) is 11.3 Å². The summed E-state index contributed by atoms with van der Waals surface area (Å²) in [5.41, 5.74) is 7.42. The van der Waals surface area contributed by atoms with E-state index < -0.39 is 5.82 Å². The Morgan fingerprint density at radius 1 is 1.22 bits per heavy atom. The lowest BCUT2D eigenvalue weighted by molar-refractivity contribution is 0.444. The fourth-order valence-electron chi connectivity index (χ4n) is 1.51. The molecule has 0 spiro atoms. The predicted molar refractivity (Wildman–Crippen MR) is 66.8 cm³/mol. The molecule has 2 aromatic carbocycles. The molecule has 0 unspecified atom stereocenters. The minimum absolute atomic E-state index is 0.0475. The number of nitrogens with two attached hydrogens (primary N) is 1. The molecule has 90 valence electrons. The van der Waals surface area contributed by atoms with Gasteiger partial charge >= 0.3 is 0 Å². The third-order valence-corrected chi connectivity index (χ3v) is 2.57. The smallest absolute Gasteiger partial charge is 0.167 e. The molecule has 4 heteroatoms. The second-order valence-electron chi connectivity index (χ2n) is 3.85. The van der Waals surface area contributed by atoms with E-state index in [1.807, 2.05) is 19.1 Å². The van der Waals surface area contributed by atoms with Gasteiger partial charge < -0.3 is 10.5 Å². The summed E-state index contributed by atoms with van der Waals surface area (Å²) in [6, 6.07) is 11.2. The first-order valence-electron chi connectivity index (χ1n) is 5.34. The first kappa shape index (κ1) is 11.9. The molecular formula is C14H11FN2O. The van der Waals surface area contributed by atoms with E-state index >= 15 is 0 Å². The van der Waals surface area contributed by atoms with Gasteiger partial charge in [-0.2, -0.15) is 5.26 Å². The monoisotopic (exact) mass is 242 g/mol. The van der Waals surface area contributed by atoms with Crippen LogP contribution >= 0.6 is 0 Å². The van der Waals surface area contributed by atoms with Crippen LogP contribution in [0.1, 0.15) is 11.1 Å². The van der Waals surface area contributed by atoms with Gasteiger partial charge in [-0.25, -0.2) is 4.39 Å². The number of hydrogen-bond acceptors (Lipinski definition) is 3. The van der Waals surface area contributed by atoms with Crippen molar-refractivity contribution in [2.45, 2.75) is 6.92 Å². The number of rotatable bonds is 2. The van der Waals surface area contributed by atoms with Crippen molar-refractivity contribution in [1.29, 1.82) is 5.26 Å². The minimum Gasteiger partial charge on any atom is -0.452 e. The van der Waals surface area contributed by atoms with Crippen molar-refractivity contribution >= 4 is 5.69 Å². The Balaban J connectivity index is 2.35. The van der Waals surface area contributed by atoms with E-state index in [0.29, 0.717) is 11.4 Å². The summed E-state index contributed by atoms with van der Waals surface area (Å²) in [5.74, 6) is -0.139. The highest BCUT2D eigenvalue weighted by Gasteiger charge is 2.09. The largest absolute Gasteiger partial charge is 0.452 e. The van der Waals surface area contributed by atoms with Crippen LogP contribution in [0.5, 0.6) is 11.5 Å². The molecule has 0 amide bonds. The fraction of sp³-hybridized carbons (Fsp3) is 0.0714. The van der Waals surface area contributed by atoms with Crippen molar-refractivity contribution in [3.8, 4) is 17.6 Å². The Hall–Kier alpha value is -2.54. The van der Waals surface area contributed by atoms with Crippen molar-refractivity contribution in [3.63, 3.8) is 0 Å². The van der Waals surface area contributed by atoms with Gasteiger partial charge in [-0.1, -0.05) is 12.1 Å². The van der Waals surface area contributed by atoms with Crippen molar-refractivity contribution in [1.82, 2.24) is 0 Å². The molecule has 0 bridgehead atoms. The lowest BCUT2D eigenvalue weighted by Gasteiger charge is -2.10. The Kier molecular flexibility index (Phi) is 3.16. The van der Waals surface area contributed by atoms with Crippen LogP contribution in [0.2, 0.25) is 0 Å². The third kappa shape index (κ3) is 2.25. The first-order chi connectivity index (χ1) is 8.61. The molecule has 18 heavy (non-hydrogen) atoms. The molecule has 0 aliphatic heterocycles. The second kappa shape index (κ2) is 4.76. The third-order valence-electron chi connectivity index (χ3n) is 2.57. The molecule has 0 aliphatic carbocycles. The Labute approximate surface area is 104 Å². The van der Waals surface area contributed by atoms with Crippen molar-refractivity contribution in [2.24, 2.45) is 0 Å². The summed E-state index contributed by atoms with van der Waals surface area (Å²) < 4.78 is 19.0. The van der Waals surface area contributed by atoms with E-state index in [2.05, 4.69) is 0 Å². The number of nitrogen functional groups attached to an aromatic ring is 1. The van der Waals surface area contributed by atoms with Crippen LogP contribution in [-0.2, 0) is 0 Å². The van der Waals surface area contributed by atoms with Crippen LogP contribution in [0.3, 0.4) is 0 Å². The molecular weight excluding hydrogens is 231 g/mol. The van der Waals surface area contributed by atoms with Crippen LogP contribution in [0.25, 0.3) is 0 Å². The molecule has 0 saturated heterocycles. The maximum Gasteiger partial charge on any atom is 0.167 e. The van der Waals surface area contributed by atoms with Gasteiger partial charge in [-0.3, -0.25) is 0 Å². The van der Waals surface area contributed by atoms with Gasteiger partial charge in [0, 0.05) is 0 Å². The molecule has 0 aromatic heterocycles. The Morgan fingerprint density at radius 2 is 2.00 bits per heavy atom.